The van der Waals surface area contributed by atoms with E-state index in [1.54, 1.807) is 17.6 Å². The molecule has 88 valence electrons. The van der Waals surface area contributed by atoms with Gasteiger partial charge in [0.05, 0.1) is 0 Å². The van der Waals surface area contributed by atoms with Gasteiger partial charge in [0.25, 0.3) is 0 Å². The van der Waals surface area contributed by atoms with E-state index in [0.717, 1.165) is 0 Å². The van der Waals surface area contributed by atoms with E-state index < -0.39 is 5.82 Å². The normalized spacial score (nSPS) is 10.2. The number of nitrogens with one attached hydrogen (secondary N) is 2. The summed E-state index contributed by atoms with van der Waals surface area (Å²) in [4.78, 5) is 11.9. The van der Waals surface area contributed by atoms with Crippen molar-refractivity contribution < 1.29 is 9.18 Å². The number of rotatable bonds is 3. The van der Waals surface area contributed by atoms with E-state index >= 15 is 0 Å². The number of nitrogens with zero attached hydrogens (tertiary/aromatic N) is 1. The molecule has 1 aromatic heterocycles. The van der Waals surface area contributed by atoms with Gasteiger partial charge in [-0.25, -0.2) is 4.39 Å². The Morgan fingerprint density at radius 2 is 2.35 bits per heavy atom. The molecule has 2 aromatic rings. The van der Waals surface area contributed by atoms with E-state index in [9.17, 15) is 9.18 Å². The van der Waals surface area contributed by atoms with Crippen molar-refractivity contribution in [3.05, 3.63) is 46.5 Å². The second kappa shape index (κ2) is 4.92. The molecule has 17 heavy (non-hydrogen) atoms. The number of anilines is 1. The van der Waals surface area contributed by atoms with Crippen LogP contribution in [0.5, 0.6) is 0 Å². The molecule has 0 atom stereocenters. The van der Waals surface area contributed by atoms with E-state index in [1.165, 1.54) is 34.1 Å². The first-order valence-electron chi connectivity index (χ1n) is 4.89. The SMILES string of the molecule is N=c1sccn1CC(=O)Nc1cccc(F)c1. The minimum atomic E-state index is -0.396. The third-order valence-electron chi connectivity index (χ3n) is 2.10. The van der Waals surface area contributed by atoms with E-state index in [1.807, 2.05) is 0 Å². The monoisotopic (exact) mass is 251 g/mol. The van der Waals surface area contributed by atoms with Gasteiger partial charge in [-0.05, 0) is 18.2 Å². The molecule has 0 saturated heterocycles. The molecule has 0 aliphatic heterocycles. The van der Waals surface area contributed by atoms with Crippen molar-refractivity contribution in [1.29, 1.82) is 5.41 Å². The number of amides is 1. The maximum Gasteiger partial charge on any atom is 0.244 e. The molecule has 4 nitrogen and oxygen atoms in total. The number of halogens is 1. The van der Waals surface area contributed by atoms with Gasteiger partial charge in [0.2, 0.25) is 5.91 Å². The number of aromatic nitrogens is 1. The lowest BCUT2D eigenvalue weighted by Crippen LogP contribution is -2.23. The van der Waals surface area contributed by atoms with Crippen LogP contribution >= 0.6 is 11.3 Å². The fourth-order valence-electron chi connectivity index (χ4n) is 1.35. The molecule has 0 aliphatic rings. The standard InChI is InChI=1S/C11H10FN3OS/c12-8-2-1-3-9(6-8)14-10(16)7-15-4-5-17-11(15)13/h1-6,13H,7H2,(H,14,16). The molecule has 0 radical (unpaired) electrons. The van der Waals surface area contributed by atoms with Crippen molar-refractivity contribution in [1.82, 2.24) is 4.57 Å². The van der Waals surface area contributed by atoms with Gasteiger partial charge in [-0.2, -0.15) is 0 Å². The van der Waals surface area contributed by atoms with E-state index in [4.69, 9.17) is 5.41 Å². The van der Waals surface area contributed by atoms with Crippen LogP contribution < -0.4 is 10.1 Å². The van der Waals surface area contributed by atoms with E-state index in [0.29, 0.717) is 10.5 Å². The Morgan fingerprint density at radius 3 is 3.00 bits per heavy atom. The summed E-state index contributed by atoms with van der Waals surface area (Å²) < 4.78 is 14.4. The van der Waals surface area contributed by atoms with Crippen LogP contribution in [-0.4, -0.2) is 10.5 Å². The van der Waals surface area contributed by atoms with Gasteiger partial charge in [-0.1, -0.05) is 6.07 Å². The molecular weight excluding hydrogens is 241 g/mol. The third kappa shape index (κ3) is 3.01. The predicted octanol–water partition coefficient (Wildman–Crippen LogP) is 1.81. The third-order valence-corrected chi connectivity index (χ3v) is 2.82. The summed E-state index contributed by atoms with van der Waals surface area (Å²) in [5.74, 6) is -0.681. The maximum absolute atomic E-state index is 12.9. The van der Waals surface area contributed by atoms with Gasteiger partial charge < -0.3 is 9.88 Å². The topological polar surface area (TPSA) is 57.9 Å². The molecule has 0 aliphatic carbocycles. The van der Waals surface area contributed by atoms with Crippen LogP contribution in [0.25, 0.3) is 0 Å². The molecule has 1 heterocycles. The second-order valence-corrected chi connectivity index (χ2v) is 4.29. The Labute approximate surface area is 101 Å². The maximum atomic E-state index is 12.9. The number of hydrogen-bond donors (Lipinski definition) is 2. The first kappa shape index (κ1) is 11.5. The van der Waals surface area contributed by atoms with Crippen molar-refractivity contribution in [2.75, 3.05) is 5.32 Å². The Balaban J connectivity index is 2.03. The molecule has 0 saturated carbocycles. The number of carbonyl (C=O) groups excluding carboxylic acids is 1. The fraction of sp³-hybridized carbons (Fsp3) is 0.0909. The Hall–Kier alpha value is -1.95. The van der Waals surface area contributed by atoms with Crippen molar-refractivity contribution in [2.24, 2.45) is 0 Å². The number of hydrogen-bond acceptors (Lipinski definition) is 3. The highest BCUT2D eigenvalue weighted by molar-refractivity contribution is 7.06. The highest BCUT2D eigenvalue weighted by atomic mass is 32.1. The molecule has 2 N–H and O–H groups in total. The first-order chi connectivity index (χ1) is 8.15. The predicted molar refractivity (Wildman–Crippen MR) is 63.2 cm³/mol. The average Bonchev–Trinajstić information content (AvgIpc) is 2.64. The summed E-state index contributed by atoms with van der Waals surface area (Å²) >= 11 is 1.24. The zero-order valence-electron chi connectivity index (χ0n) is 8.81. The first-order valence-corrected chi connectivity index (χ1v) is 5.77. The van der Waals surface area contributed by atoms with Crippen LogP contribution in [-0.2, 0) is 11.3 Å². The Morgan fingerprint density at radius 1 is 1.53 bits per heavy atom. The summed E-state index contributed by atoms with van der Waals surface area (Å²) in [6.45, 7) is 0.0544. The van der Waals surface area contributed by atoms with Crippen LogP contribution in [0.4, 0.5) is 10.1 Å². The van der Waals surface area contributed by atoms with Crippen LogP contribution in [0, 0.1) is 11.2 Å². The van der Waals surface area contributed by atoms with Crippen molar-refractivity contribution in [2.45, 2.75) is 6.54 Å². The minimum absolute atomic E-state index is 0.0544. The Kier molecular flexibility index (Phi) is 3.34. The zero-order chi connectivity index (χ0) is 12.3. The lowest BCUT2D eigenvalue weighted by Gasteiger charge is -2.05. The smallest absolute Gasteiger partial charge is 0.244 e. The quantitative estimate of drug-likeness (QED) is 0.858. The summed E-state index contributed by atoms with van der Waals surface area (Å²) in [5.41, 5.74) is 0.414. The molecule has 1 amide bonds. The van der Waals surface area contributed by atoms with Crippen LogP contribution in [0.2, 0.25) is 0 Å². The molecule has 0 fully saturated rings. The van der Waals surface area contributed by atoms with E-state index in [-0.39, 0.29) is 12.5 Å². The highest BCUT2D eigenvalue weighted by Gasteiger charge is 2.04. The molecule has 0 bridgehead atoms. The molecule has 2 rings (SSSR count). The van der Waals surface area contributed by atoms with Gasteiger partial charge in [0, 0.05) is 17.3 Å². The van der Waals surface area contributed by atoms with Gasteiger partial charge in [-0.3, -0.25) is 10.2 Å². The lowest BCUT2D eigenvalue weighted by molar-refractivity contribution is -0.116. The molecule has 1 aromatic carbocycles. The number of benzene rings is 1. The summed E-state index contributed by atoms with van der Waals surface area (Å²) in [7, 11) is 0. The highest BCUT2D eigenvalue weighted by Crippen LogP contribution is 2.08. The van der Waals surface area contributed by atoms with Gasteiger partial charge in [-0.15, -0.1) is 11.3 Å². The van der Waals surface area contributed by atoms with Crippen LogP contribution in [0.15, 0.2) is 35.8 Å². The minimum Gasteiger partial charge on any atom is -0.324 e. The average molecular weight is 251 g/mol. The van der Waals surface area contributed by atoms with Crippen molar-refractivity contribution >= 4 is 22.9 Å². The molecular formula is C11H10FN3OS. The van der Waals surface area contributed by atoms with Crippen molar-refractivity contribution in [3.8, 4) is 0 Å². The van der Waals surface area contributed by atoms with Gasteiger partial charge in [0.15, 0.2) is 4.80 Å². The molecule has 0 spiro atoms. The second-order valence-electron chi connectivity index (χ2n) is 3.39. The zero-order valence-corrected chi connectivity index (χ0v) is 9.63. The summed E-state index contributed by atoms with van der Waals surface area (Å²) in [6, 6.07) is 5.70. The molecule has 6 heteroatoms. The van der Waals surface area contributed by atoms with Crippen molar-refractivity contribution in [3.63, 3.8) is 0 Å². The summed E-state index contributed by atoms with van der Waals surface area (Å²) in [6.07, 6.45) is 1.66. The van der Waals surface area contributed by atoms with E-state index in [2.05, 4.69) is 5.32 Å². The number of thiazole rings is 1. The van der Waals surface area contributed by atoms with Crippen LogP contribution in [0.3, 0.4) is 0 Å². The van der Waals surface area contributed by atoms with Crippen LogP contribution in [0.1, 0.15) is 0 Å². The van der Waals surface area contributed by atoms with Gasteiger partial charge >= 0.3 is 0 Å². The largest absolute Gasteiger partial charge is 0.324 e. The summed E-state index contributed by atoms with van der Waals surface area (Å²) in [5, 5.41) is 11.8. The van der Waals surface area contributed by atoms with Gasteiger partial charge in [0.1, 0.15) is 12.4 Å². The number of carbonyl (C=O) groups is 1. The lowest BCUT2D eigenvalue weighted by atomic mass is 10.3. The fourth-order valence-corrected chi connectivity index (χ4v) is 1.95. The Bertz CT molecular complexity index is 590. The molecule has 0 unspecified atom stereocenters.